The zero-order valence-electron chi connectivity index (χ0n) is 15.7. The van der Waals surface area contributed by atoms with E-state index < -0.39 is 23.5 Å². The molecule has 0 radical (unpaired) electrons. The van der Waals surface area contributed by atoms with Crippen molar-refractivity contribution < 1.29 is 19.8 Å². The minimum atomic E-state index is -0.948. The molecule has 2 aromatic heterocycles. The predicted molar refractivity (Wildman–Crippen MR) is 109 cm³/mol. The zero-order valence-corrected chi connectivity index (χ0v) is 17.3. The van der Waals surface area contributed by atoms with Crippen molar-refractivity contribution in [2.45, 2.75) is 26.8 Å². The van der Waals surface area contributed by atoms with E-state index in [0.717, 1.165) is 0 Å². The minimum absolute atomic E-state index is 0.0219. The summed E-state index contributed by atoms with van der Waals surface area (Å²) in [6.45, 7) is 5.24. The highest BCUT2D eigenvalue weighted by Gasteiger charge is 2.46. The first kappa shape index (κ1) is 19.2. The van der Waals surface area contributed by atoms with Gasteiger partial charge in [-0.25, -0.2) is 4.98 Å². The number of anilines is 1. The third-order valence-electron chi connectivity index (χ3n) is 4.47. The average Bonchev–Trinajstić information content (AvgIpc) is 3.31. The first-order valence-electron chi connectivity index (χ1n) is 8.62. The molecule has 148 valence electrons. The molecule has 3 heterocycles. The van der Waals surface area contributed by atoms with Gasteiger partial charge in [-0.2, -0.15) is 0 Å². The molecule has 1 amide bonds. The van der Waals surface area contributed by atoms with E-state index in [0.29, 0.717) is 26.1 Å². The molecule has 10 heteroatoms. The number of phenolic OH excluding ortho intramolecular Hbond substituents is 1. The van der Waals surface area contributed by atoms with Crippen molar-refractivity contribution in [2.24, 2.45) is 0 Å². The highest BCUT2D eigenvalue weighted by Crippen LogP contribution is 2.43. The van der Waals surface area contributed by atoms with Crippen molar-refractivity contribution in [3.8, 4) is 5.75 Å². The maximum absolute atomic E-state index is 13.4. The number of aromatic hydroxyl groups is 1. The molecule has 4 rings (SSSR count). The molecule has 0 saturated carbocycles. The van der Waals surface area contributed by atoms with E-state index in [1.54, 1.807) is 32.9 Å². The van der Waals surface area contributed by atoms with E-state index in [4.69, 9.17) is 0 Å². The summed E-state index contributed by atoms with van der Waals surface area (Å²) in [5, 5.41) is 30.2. The van der Waals surface area contributed by atoms with E-state index in [1.165, 1.54) is 39.7 Å². The fraction of sp³-hybridized carbons (Fsp3) is 0.211. The Balaban J connectivity index is 1.90. The number of ketones is 1. The zero-order chi connectivity index (χ0) is 20.9. The van der Waals surface area contributed by atoms with Crippen molar-refractivity contribution >= 4 is 39.5 Å². The Bertz CT molecular complexity index is 1180. The van der Waals surface area contributed by atoms with Crippen LogP contribution in [-0.2, 0) is 4.79 Å². The Kier molecular flexibility index (Phi) is 4.67. The molecule has 1 aromatic carbocycles. The highest BCUT2D eigenvalue weighted by atomic mass is 32.1. The van der Waals surface area contributed by atoms with Gasteiger partial charge in [0.25, 0.3) is 5.91 Å². The smallest absolute Gasteiger partial charge is 0.296 e. The number of hydrogen-bond acceptors (Lipinski definition) is 9. The van der Waals surface area contributed by atoms with Crippen LogP contribution in [0.15, 0.2) is 35.6 Å². The number of thiazole rings is 1. The molecule has 1 unspecified atom stereocenters. The van der Waals surface area contributed by atoms with E-state index in [1.807, 2.05) is 0 Å². The summed E-state index contributed by atoms with van der Waals surface area (Å²) >= 11 is 2.38. The number of carbonyl (C=O) groups is 2. The number of hydrogen-bond donors (Lipinski definition) is 2. The maximum atomic E-state index is 13.4. The predicted octanol–water partition coefficient (Wildman–Crippen LogP) is 3.41. The van der Waals surface area contributed by atoms with Gasteiger partial charge in [-0.15, -0.1) is 21.5 Å². The van der Waals surface area contributed by atoms with Gasteiger partial charge < -0.3 is 10.2 Å². The normalized spacial score (nSPS) is 16.7. The van der Waals surface area contributed by atoms with Crippen LogP contribution in [0.25, 0.3) is 0 Å². The van der Waals surface area contributed by atoms with Crippen LogP contribution in [0.5, 0.6) is 5.75 Å². The van der Waals surface area contributed by atoms with E-state index in [9.17, 15) is 19.8 Å². The van der Waals surface area contributed by atoms with Crippen molar-refractivity contribution in [1.82, 2.24) is 15.2 Å². The number of carbonyl (C=O) groups excluding carboxylic acids is 2. The first-order valence-corrected chi connectivity index (χ1v) is 10.3. The molecule has 1 atom stereocenters. The van der Waals surface area contributed by atoms with Crippen LogP contribution >= 0.6 is 22.7 Å². The van der Waals surface area contributed by atoms with Crippen LogP contribution in [0.3, 0.4) is 0 Å². The molecular weight excluding hydrogens is 412 g/mol. The van der Waals surface area contributed by atoms with E-state index in [2.05, 4.69) is 15.2 Å². The lowest BCUT2D eigenvalue weighted by atomic mass is 9.95. The molecule has 1 aliphatic heterocycles. The second-order valence-corrected chi connectivity index (χ2v) is 8.88. The summed E-state index contributed by atoms with van der Waals surface area (Å²) in [6, 6.07) is 5.28. The fourth-order valence-corrected chi connectivity index (χ4v) is 4.88. The van der Waals surface area contributed by atoms with E-state index >= 15 is 0 Å². The molecule has 8 nitrogen and oxygen atoms in total. The van der Waals surface area contributed by atoms with Gasteiger partial charge in [0.1, 0.15) is 10.8 Å². The molecular formula is C19H16N4O4S2. The van der Waals surface area contributed by atoms with Gasteiger partial charge >= 0.3 is 0 Å². The lowest BCUT2D eigenvalue weighted by molar-refractivity contribution is -0.117. The number of rotatable bonds is 4. The summed E-state index contributed by atoms with van der Waals surface area (Å²) < 4.78 is 0. The van der Waals surface area contributed by atoms with E-state index in [-0.39, 0.29) is 16.5 Å². The summed E-state index contributed by atoms with van der Waals surface area (Å²) in [5.41, 5.74) is 0.933. The molecule has 29 heavy (non-hydrogen) atoms. The number of nitrogens with zero attached hydrogens (tertiary/aromatic N) is 4. The monoisotopic (exact) mass is 428 g/mol. The second-order valence-electron chi connectivity index (χ2n) is 6.52. The maximum Gasteiger partial charge on any atom is 0.296 e. The van der Waals surface area contributed by atoms with Crippen LogP contribution < -0.4 is 4.90 Å². The number of phenols is 1. The Labute approximate surface area is 173 Å². The van der Waals surface area contributed by atoms with Crippen molar-refractivity contribution in [2.75, 3.05) is 4.90 Å². The summed E-state index contributed by atoms with van der Waals surface area (Å²) in [7, 11) is 0. The quantitative estimate of drug-likeness (QED) is 0.612. The number of aromatic nitrogens is 3. The van der Waals surface area contributed by atoms with Gasteiger partial charge in [0, 0.05) is 0 Å². The minimum Gasteiger partial charge on any atom is -0.508 e. The Morgan fingerprint density at radius 1 is 1.10 bits per heavy atom. The summed E-state index contributed by atoms with van der Waals surface area (Å²) in [5.74, 6) is -1.87. The number of benzene rings is 1. The second kappa shape index (κ2) is 7.05. The molecule has 0 aliphatic carbocycles. The fourth-order valence-electron chi connectivity index (χ4n) is 3.29. The van der Waals surface area contributed by atoms with Crippen LogP contribution in [0.1, 0.15) is 37.0 Å². The largest absolute Gasteiger partial charge is 0.508 e. The summed E-state index contributed by atoms with van der Waals surface area (Å²) in [4.78, 5) is 32.2. The Morgan fingerprint density at radius 3 is 2.45 bits per heavy atom. The molecule has 0 bridgehead atoms. The number of Topliss-reactive ketones (excluding diaryl/α,β-unsaturated/α-hetero) is 1. The van der Waals surface area contributed by atoms with Gasteiger partial charge in [0.2, 0.25) is 10.9 Å². The third kappa shape index (κ3) is 3.19. The highest BCUT2D eigenvalue weighted by molar-refractivity contribution is 7.15. The van der Waals surface area contributed by atoms with Gasteiger partial charge in [-0.1, -0.05) is 23.5 Å². The topological polar surface area (TPSA) is 117 Å². The van der Waals surface area contributed by atoms with Crippen molar-refractivity contribution in [1.29, 1.82) is 0 Å². The number of aliphatic hydroxyl groups is 1. The average molecular weight is 428 g/mol. The Hall–Kier alpha value is -3.11. The number of aryl methyl sites for hydroxylation is 3. The lowest BCUT2D eigenvalue weighted by Crippen LogP contribution is -2.31. The van der Waals surface area contributed by atoms with Crippen LogP contribution in [0.4, 0.5) is 5.13 Å². The third-order valence-corrected chi connectivity index (χ3v) is 6.38. The lowest BCUT2D eigenvalue weighted by Gasteiger charge is -2.24. The molecule has 0 saturated heterocycles. The molecule has 0 spiro atoms. The molecule has 1 aliphatic rings. The van der Waals surface area contributed by atoms with Crippen LogP contribution in [-0.4, -0.2) is 37.1 Å². The van der Waals surface area contributed by atoms with Crippen LogP contribution in [0, 0.1) is 20.8 Å². The molecule has 3 aromatic rings. The first-order chi connectivity index (χ1) is 13.8. The van der Waals surface area contributed by atoms with Gasteiger partial charge in [-0.05, 0) is 38.5 Å². The molecule has 2 N–H and O–H groups in total. The number of aliphatic hydroxyl groups excluding tert-OH is 1. The Morgan fingerprint density at radius 2 is 1.86 bits per heavy atom. The molecule has 0 fully saturated rings. The van der Waals surface area contributed by atoms with Gasteiger partial charge in [0.15, 0.2) is 5.76 Å². The van der Waals surface area contributed by atoms with Crippen molar-refractivity contribution in [3.63, 3.8) is 0 Å². The SMILES string of the molecule is Cc1nnc(N2C(=O)C(O)=C(C(=O)c3sc(C)nc3C)C2c2cccc(O)c2)s1. The van der Waals surface area contributed by atoms with Gasteiger partial charge in [-0.3, -0.25) is 14.5 Å². The summed E-state index contributed by atoms with van der Waals surface area (Å²) in [6.07, 6.45) is 0. The van der Waals surface area contributed by atoms with Gasteiger partial charge in [0.05, 0.1) is 27.2 Å². The number of amides is 1. The van der Waals surface area contributed by atoms with Crippen molar-refractivity contribution in [3.05, 3.63) is 61.7 Å². The standard InChI is InChI=1S/C19H16N4O4S2/c1-8-17(28-9(2)20-8)15(25)13-14(11-5-4-6-12(24)7-11)23(18(27)16(13)26)19-22-21-10(3)29-19/h4-7,14,24,26H,1-3H3. The van der Waals surface area contributed by atoms with Crippen LogP contribution in [0.2, 0.25) is 0 Å².